The number of ether oxygens (including phenoxy) is 1. The van der Waals surface area contributed by atoms with Crippen molar-refractivity contribution < 1.29 is 32.3 Å². The van der Waals surface area contributed by atoms with Crippen LogP contribution >= 0.6 is 0 Å². The summed E-state index contributed by atoms with van der Waals surface area (Å²) in [6, 6.07) is 15.4. The maximum Gasteiger partial charge on any atom is 0.417 e. The zero-order valence-electron chi connectivity index (χ0n) is 21.6. The van der Waals surface area contributed by atoms with Gasteiger partial charge in [0.15, 0.2) is 5.69 Å². The normalized spacial score (nSPS) is 17.1. The molecule has 0 spiro atoms. The molecular weight excluding hydrogens is 543 g/mol. The zero-order valence-corrected chi connectivity index (χ0v) is 21.6. The number of anilines is 4. The topological polar surface area (TPSA) is 128 Å². The number of alkyl halides is 3. The number of hydrogen-bond acceptors (Lipinski definition) is 7. The van der Waals surface area contributed by atoms with Crippen LogP contribution in [0.15, 0.2) is 66.9 Å². The Balaban J connectivity index is 1.29. The highest BCUT2D eigenvalue weighted by Gasteiger charge is 2.34. The second-order valence-electron chi connectivity index (χ2n) is 9.25. The number of hydrogen-bond donors (Lipinski definition) is 4. The van der Waals surface area contributed by atoms with Crippen molar-refractivity contribution in [2.45, 2.75) is 12.2 Å². The number of hydrazine groups is 1. The molecule has 4 amide bonds. The van der Waals surface area contributed by atoms with Gasteiger partial charge in [-0.05, 0) is 30.3 Å². The van der Waals surface area contributed by atoms with Crippen molar-refractivity contribution in [2.24, 2.45) is 0 Å². The van der Waals surface area contributed by atoms with Crippen LogP contribution < -0.4 is 31.3 Å². The van der Waals surface area contributed by atoms with E-state index in [1.807, 2.05) is 47.4 Å². The van der Waals surface area contributed by atoms with Crippen LogP contribution in [0, 0.1) is 0 Å². The van der Waals surface area contributed by atoms with Crippen molar-refractivity contribution in [3.05, 3.63) is 78.1 Å². The number of halogens is 3. The molecule has 11 nitrogen and oxygen atoms in total. The first-order valence-corrected chi connectivity index (χ1v) is 12.7. The van der Waals surface area contributed by atoms with Crippen LogP contribution in [0.5, 0.6) is 0 Å². The summed E-state index contributed by atoms with van der Waals surface area (Å²) in [6.07, 6.45) is -4.10. The molecule has 2 aliphatic heterocycles. The minimum atomic E-state index is -4.66. The lowest BCUT2D eigenvalue weighted by Gasteiger charge is -2.30. The van der Waals surface area contributed by atoms with Gasteiger partial charge in [0.05, 0.1) is 42.4 Å². The maximum atomic E-state index is 13.3. The highest BCUT2D eigenvalue weighted by Crippen LogP contribution is 2.34. The van der Waals surface area contributed by atoms with Crippen LogP contribution in [0.25, 0.3) is 0 Å². The number of nitrogens with one attached hydrogen (secondary N) is 4. The van der Waals surface area contributed by atoms with Crippen LogP contribution in [-0.4, -0.2) is 61.7 Å². The molecule has 41 heavy (non-hydrogen) atoms. The van der Waals surface area contributed by atoms with Crippen molar-refractivity contribution in [2.75, 3.05) is 48.0 Å². The number of morpholine rings is 1. The van der Waals surface area contributed by atoms with Gasteiger partial charge in [0, 0.05) is 25.0 Å². The third-order valence-corrected chi connectivity index (χ3v) is 6.56. The van der Waals surface area contributed by atoms with Gasteiger partial charge in [0.1, 0.15) is 6.04 Å². The predicted molar refractivity (Wildman–Crippen MR) is 144 cm³/mol. The van der Waals surface area contributed by atoms with Gasteiger partial charge in [-0.2, -0.15) is 13.2 Å². The molecule has 4 N–H and O–H groups in total. The Hall–Kier alpha value is -4.85. The SMILES string of the molecule is O=C(NNC(=O)c1ncc(C(F)(F)F)cc1N1CCOCC1)N[C@H]1CN(c2ccccc2)c2ccccc2NC1=O. The number of carbonyl (C=O) groups is 3. The molecule has 0 saturated carbocycles. The number of nitrogens with zero attached hydrogens (tertiary/aromatic N) is 3. The molecule has 3 aromatic rings. The lowest BCUT2D eigenvalue weighted by molar-refractivity contribution is -0.137. The molecular formula is C27H26F3N7O4. The van der Waals surface area contributed by atoms with E-state index in [4.69, 9.17) is 4.74 Å². The fourth-order valence-electron chi connectivity index (χ4n) is 4.56. The first kappa shape index (κ1) is 27.7. The molecule has 0 radical (unpaired) electrons. The van der Waals surface area contributed by atoms with Crippen molar-refractivity contribution in [1.29, 1.82) is 0 Å². The minimum absolute atomic E-state index is 0.0396. The summed E-state index contributed by atoms with van der Waals surface area (Å²) in [4.78, 5) is 45.9. The molecule has 1 aromatic heterocycles. The Labute approximate surface area is 232 Å². The van der Waals surface area contributed by atoms with Crippen molar-refractivity contribution >= 4 is 40.6 Å². The van der Waals surface area contributed by atoms with Gasteiger partial charge < -0.3 is 25.2 Å². The molecule has 3 heterocycles. The highest BCUT2D eigenvalue weighted by atomic mass is 19.4. The molecule has 1 atom stereocenters. The van der Waals surface area contributed by atoms with E-state index in [0.717, 1.165) is 17.4 Å². The third kappa shape index (κ3) is 6.32. The number of fused-ring (bicyclic) bond motifs is 1. The number of aromatic nitrogens is 1. The Kier molecular flexibility index (Phi) is 7.92. The molecule has 5 rings (SSSR count). The quantitative estimate of drug-likeness (QED) is 0.356. The van der Waals surface area contributed by atoms with Crippen LogP contribution in [0.3, 0.4) is 0 Å². The Morgan fingerprint density at radius 1 is 0.976 bits per heavy atom. The van der Waals surface area contributed by atoms with E-state index in [9.17, 15) is 27.6 Å². The standard InChI is InChI=1S/C27H26F3N7O4/c28-27(29,30)17-14-22(36-10-12-41-13-11-36)23(31-15-17)25(39)34-35-26(40)33-20-16-37(18-6-2-1-3-7-18)21-9-5-4-8-19(21)32-24(20)38/h1-9,14-15,20H,10-13,16H2,(H,32,38)(H,34,39)(H2,33,35,40)/t20-/m0/s1. The first-order valence-electron chi connectivity index (χ1n) is 12.7. The molecule has 1 saturated heterocycles. The summed E-state index contributed by atoms with van der Waals surface area (Å²) in [5.41, 5.74) is 5.06. The maximum absolute atomic E-state index is 13.3. The molecule has 0 aliphatic carbocycles. The smallest absolute Gasteiger partial charge is 0.378 e. The van der Waals surface area contributed by atoms with Crippen LogP contribution in [-0.2, 0) is 15.7 Å². The summed E-state index contributed by atoms with van der Waals surface area (Å²) in [7, 11) is 0. The Morgan fingerprint density at radius 2 is 1.68 bits per heavy atom. The third-order valence-electron chi connectivity index (χ3n) is 6.56. The van der Waals surface area contributed by atoms with Crippen LogP contribution in [0.1, 0.15) is 16.1 Å². The van der Waals surface area contributed by atoms with E-state index >= 15 is 0 Å². The molecule has 0 bridgehead atoms. The highest BCUT2D eigenvalue weighted by molar-refractivity contribution is 6.03. The molecule has 214 valence electrons. The van der Waals surface area contributed by atoms with Gasteiger partial charge in [0.2, 0.25) is 5.91 Å². The number of para-hydroxylation sites is 3. The van der Waals surface area contributed by atoms with Gasteiger partial charge >= 0.3 is 12.2 Å². The van der Waals surface area contributed by atoms with E-state index in [1.54, 1.807) is 17.0 Å². The largest absolute Gasteiger partial charge is 0.417 e. The summed E-state index contributed by atoms with van der Waals surface area (Å²) in [6.45, 7) is 1.13. The van der Waals surface area contributed by atoms with Crippen LogP contribution in [0.4, 0.5) is 40.7 Å². The van der Waals surface area contributed by atoms with Gasteiger partial charge in [-0.25, -0.2) is 15.2 Å². The van der Waals surface area contributed by atoms with Gasteiger partial charge in [0.25, 0.3) is 5.91 Å². The zero-order chi connectivity index (χ0) is 29.0. The fourth-order valence-corrected chi connectivity index (χ4v) is 4.56. The second kappa shape index (κ2) is 11.7. The number of pyridine rings is 1. The predicted octanol–water partition coefficient (Wildman–Crippen LogP) is 3.04. The number of amides is 4. The molecule has 14 heteroatoms. The van der Waals surface area contributed by atoms with Crippen molar-refractivity contribution in [1.82, 2.24) is 21.2 Å². The van der Waals surface area contributed by atoms with Gasteiger partial charge in [-0.15, -0.1) is 0 Å². The number of carbonyl (C=O) groups excluding carboxylic acids is 3. The molecule has 2 aromatic carbocycles. The molecule has 1 fully saturated rings. The lowest BCUT2D eigenvalue weighted by atomic mass is 10.1. The summed E-state index contributed by atoms with van der Waals surface area (Å²) < 4.78 is 45.3. The minimum Gasteiger partial charge on any atom is -0.378 e. The molecule has 2 aliphatic rings. The van der Waals surface area contributed by atoms with Gasteiger partial charge in [-0.1, -0.05) is 30.3 Å². The Morgan fingerprint density at radius 3 is 2.41 bits per heavy atom. The van der Waals surface area contributed by atoms with E-state index in [0.29, 0.717) is 11.9 Å². The fraction of sp³-hybridized carbons (Fsp3) is 0.259. The monoisotopic (exact) mass is 569 g/mol. The average Bonchev–Trinajstić information content (AvgIpc) is 3.12. The summed E-state index contributed by atoms with van der Waals surface area (Å²) >= 11 is 0. The molecule has 0 unspecified atom stereocenters. The Bertz CT molecular complexity index is 1430. The van der Waals surface area contributed by atoms with Crippen LogP contribution in [0.2, 0.25) is 0 Å². The van der Waals surface area contributed by atoms with Gasteiger partial charge in [-0.3, -0.25) is 15.0 Å². The van der Waals surface area contributed by atoms with E-state index in [1.165, 1.54) is 0 Å². The van der Waals surface area contributed by atoms with E-state index in [2.05, 4.69) is 26.5 Å². The summed E-state index contributed by atoms with van der Waals surface area (Å²) in [5.74, 6) is -1.41. The van der Waals surface area contributed by atoms with Crippen molar-refractivity contribution in [3.8, 4) is 0 Å². The second-order valence-corrected chi connectivity index (χ2v) is 9.25. The van der Waals surface area contributed by atoms with E-state index in [-0.39, 0.29) is 44.2 Å². The first-order chi connectivity index (χ1) is 19.7. The lowest BCUT2D eigenvalue weighted by Crippen LogP contribution is -2.55. The van der Waals surface area contributed by atoms with Crippen molar-refractivity contribution in [3.63, 3.8) is 0 Å². The summed E-state index contributed by atoms with van der Waals surface area (Å²) in [5, 5.41) is 5.34. The average molecular weight is 570 g/mol. The number of urea groups is 1. The van der Waals surface area contributed by atoms with E-state index < -0.39 is 35.6 Å². The number of benzene rings is 2. The number of rotatable bonds is 4.